The number of rotatable bonds is 7. The Morgan fingerprint density at radius 1 is 1.29 bits per heavy atom. The van der Waals surface area contributed by atoms with Crippen LogP contribution in [0, 0.1) is 20.8 Å². The fraction of sp³-hybridized carbons (Fsp3) is 0.316. The summed E-state index contributed by atoms with van der Waals surface area (Å²) >= 11 is 7.55. The Balaban J connectivity index is 2.04. The number of anilines is 1. The quantitative estimate of drug-likeness (QED) is 0.725. The number of nitrogens with one attached hydrogen (secondary N) is 2. The molecule has 0 aliphatic rings. The molecule has 1 atom stereocenters. The Morgan fingerprint density at radius 2 is 1.96 bits per heavy atom. The summed E-state index contributed by atoms with van der Waals surface area (Å²) < 4.78 is 0.776. The first-order valence-electron chi connectivity index (χ1n) is 7.95. The first-order chi connectivity index (χ1) is 11.4. The number of quaternary nitrogens is 1. The van der Waals surface area contributed by atoms with Gasteiger partial charge in [0.25, 0.3) is 5.91 Å². The second kappa shape index (κ2) is 8.47. The summed E-state index contributed by atoms with van der Waals surface area (Å²) in [5, 5.41) is 3.07. The first-order valence-corrected chi connectivity index (χ1v) is 9.15. The first kappa shape index (κ1) is 18.7. The molecule has 0 radical (unpaired) electrons. The molecule has 1 unspecified atom stereocenters. The van der Waals surface area contributed by atoms with Crippen molar-refractivity contribution < 1.29 is 9.69 Å². The van der Waals surface area contributed by atoms with Gasteiger partial charge in [-0.2, -0.15) is 0 Å². The monoisotopic (exact) mass is 363 g/mol. The molecule has 0 saturated carbocycles. The van der Waals surface area contributed by atoms with Crippen LogP contribution in [0.5, 0.6) is 0 Å². The zero-order chi connectivity index (χ0) is 17.7. The standard InChI is InChI=1S/C19H23ClN2OS/c1-5-8-22(11-16-6-7-17(20)24-16)12-18(23)21-19-14(3)9-13(2)10-15(19)4/h5-7,9-10H,1,8,11-12H2,2-4H3,(H,21,23)/p+1. The maximum Gasteiger partial charge on any atom is 0.279 e. The second-order valence-electron chi connectivity index (χ2n) is 6.12. The molecule has 3 nitrogen and oxygen atoms in total. The molecule has 0 spiro atoms. The fourth-order valence-electron chi connectivity index (χ4n) is 2.89. The van der Waals surface area contributed by atoms with Crippen LogP contribution >= 0.6 is 22.9 Å². The van der Waals surface area contributed by atoms with Gasteiger partial charge in [0, 0.05) is 5.69 Å². The molecule has 1 heterocycles. The molecule has 0 aliphatic carbocycles. The van der Waals surface area contributed by atoms with E-state index in [4.69, 9.17) is 11.6 Å². The number of halogens is 1. The number of aryl methyl sites for hydroxylation is 3. The molecule has 2 rings (SSSR count). The van der Waals surface area contributed by atoms with Crippen molar-refractivity contribution in [1.29, 1.82) is 0 Å². The van der Waals surface area contributed by atoms with E-state index in [9.17, 15) is 4.79 Å². The van der Waals surface area contributed by atoms with Crippen LogP contribution < -0.4 is 10.2 Å². The fourth-order valence-corrected chi connectivity index (χ4v) is 4.05. The minimum absolute atomic E-state index is 0.0181. The maximum absolute atomic E-state index is 12.5. The van der Waals surface area contributed by atoms with E-state index < -0.39 is 0 Å². The topological polar surface area (TPSA) is 33.5 Å². The third-order valence-corrected chi connectivity index (χ3v) is 5.07. The van der Waals surface area contributed by atoms with Gasteiger partial charge in [-0.3, -0.25) is 4.79 Å². The van der Waals surface area contributed by atoms with Gasteiger partial charge in [0.1, 0.15) is 6.54 Å². The van der Waals surface area contributed by atoms with Gasteiger partial charge in [-0.15, -0.1) is 11.3 Å². The molecule has 24 heavy (non-hydrogen) atoms. The Kier molecular flexibility index (Phi) is 6.60. The zero-order valence-electron chi connectivity index (χ0n) is 14.4. The average Bonchev–Trinajstić information content (AvgIpc) is 2.88. The van der Waals surface area contributed by atoms with E-state index in [1.54, 1.807) is 11.3 Å². The summed E-state index contributed by atoms with van der Waals surface area (Å²) in [6, 6.07) is 8.09. The zero-order valence-corrected chi connectivity index (χ0v) is 16.0. The van der Waals surface area contributed by atoms with E-state index in [1.165, 1.54) is 10.4 Å². The van der Waals surface area contributed by atoms with Crippen LogP contribution in [0.4, 0.5) is 5.69 Å². The molecule has 0 saturated heterocycles. The van der Waals surface area contributed by atoms with Gasteiger partial charge in [0.2, 0.25) is 0 Å². The summed E-state index contributed by atoms with van der Waals surface area (Å²) in [4.78, 5) is 14.8. The van der Waals surface area contributed by atoms with Crippen LogP contribution in [-0.2, 0) is 11.3 Å². The molecule has 2 aromatic rings. The van der Waals surface area contributed by atoms with Gasteiger partial charge in [-0.1, -0.05) is 35.9 Å². The van der Waals surface area contributed by atoms with Crippen molar-refractivity contribution in [1.82, 2.24) is 0 Å². The minimum atomic E-state index is 0.0181. The average molecular weight is 364 g/mol. The highest BCUT2D eigenvalue weighted by Crippen LogP contribution is 2.22. The third kappa shape index (κ3) is 5.20. The van der Waals surface area contributed by atoms with Gasteiger partial charge in [0.05, 0.1) is 15.8 Å². The van der Waals surface area contributed by atoms with E-state index >= 15 is 0 Å². The Bertz CT molecular complexity index is 716. The minimum Gasteiger partial charge on any atom is -0.321 e. The summed E-state index contributed by atoms with van der Waals surface area (Å²) in [6.45, 7) is 11.8. The molecule has 0 fully saturated rings. The molecule has 2 N–H and O–H groups in total. The normalized spacial score (nSPS) is 12.0. The van der Waals surface area contributed by atoms with Crippen LogP contribution in [0.25, 0.3) is 0 Å². The van der Waals surface area contributed by atoms with Crippen molar-refractivity contribution in [2.24, 2.45) is 0 Å². The van der Waals surface area contributed by atoms with Gasteiger partial charge in [0.15, 0.2) is 6.54 Å². The van der Waals surface area contributed by atoms with Crippen molar-refractivity contribution in [3.8, 4) is 0 Å². The summed E-state index contributed by atoms with van der Waals surface area (Å²) in [5.74, 6) is 0.0181. The number of benzene rings is 1. The number of thiophene rings is 1. The number of hydrogen-bond donors (Lipinski definition) is 2. The summed E-state index contributed by atoms with van der Waals surface area (Å²) in [5.41, 5.74) is 4.31. The van der Waals surface area contributed by atoms with Crippen molar-refractivity contribution >= 4 is 34.5 Å². The molecule has 0 aliphatic heterocycles. The lowest BCUT2D eigenvalue weighted by molar-refractivity contribution is -0.899. The molecule has 128 valence electrons. The van der Waals surface area contributed by atoms with Gasteiger partial charge in [-0.25, -0.2) is 0 Å². The van der Waals surface area contributed by atoms with Gasteiger partial charge in [-0.05, 0) is 50.1 Å². The van der Waals surface area contributed by atoms with E-state index in [0.717, 1.165) is 39.1 Å². The highest BCUT2D eigenvalue weighted by atomic mass is 35.5. The lowest BCUT2D eigenvalue weighted by Crippen LogP contribution is -3.11. The van der Waals surface area contributed by atoms with Crippen molar-refractivity contribution in [3.63, 3.8) is 0 Å². The van der Waals surface area contributed by atoms with E-state index in [1.807, 2.05) is 32.1 Å². The molecular formula is C19H24ClN2OS+. The van der Waals surface area contributed by atoms with E-state index in [2.05, 4.69) is 31.0 Å². The molecule has 0 bridgehead atoms. The number of carbonyl (C=O) groups is 1. The van der Waals surface area contributed by atoms with Crippen molar-refractivity contribution in [2.75, 3.05) is 18.4 Å². The molecule has 1 amide bonds. The molecule has 1 aromatic carbocycles. The molecule has 1 aromatic heterocycles. The number of carbonyl (C=O) groups excluding carboxylic acids is 1. The Morgan fingerprint density at radius 3 is 2.50 bits per heavy atom. The SMILES string of the molecule is C=CC[NH+](CC(=O)Nc1c(C)cc(C)cc1C)Cc1ccc(Cl)s1. The predicted octanol–water partition coefficient (Wildman–Crippen LogP) is 3.54. The summed E-state index contributed by atoms with van der Waals surface area (Å²) in [6.07, 6.45) is 1.85. The van der Waals surface area contributed by atoms with Crippen LogP contribution in [0.3, 0.4) is 0 Å². The number of hydrogen-bond acceptors (Lipinski definition) is 2. The van der Waals surface area contributed by atoms with Gasteiger partial charge < -0.3 is 10.2 Å². The van der Waals surface area contributed by atoms with E-state index in [0.29, 0.717) is 6.54 Å². The van der Waals surface area contributed by atoms with E-state index in [-0.39, 0.29) is 5.91 Å². The van der Waals surface area contributed by atoms with Crippen molar-refractivity contribution in [2.45, 2.75) is 27.3 Å². The molecule has 5 heteroatoms. The lowest BCUT2D eigenvalue weighted by Gasteiger charge is -2.18. The third-order valence-electron chi connectivity index (χ3n) is 3.84. The predicted molar refractivity (Wildman–Crippen MR) is 103 cm³/mol. The Labute approximate surface area is 152 Å². The van der Waals surface area contributed by atoms with Crippen LogP contribution in [-0.4, -0.2) is 19.0 Å². The van der Waals surface area contributed by atoms with Gasteiger partial charge >= 0.3 is 0 Å². The van der Waals surface area contributed by atoms with Crippen molar-refractivity contribution in [3.05, 3.63) is 62.8 Å². The lowest BCUT2D eigenvalue weighted by atomic mass is 10.1. The second-order valence-corrected chi connectivity index (χ2v) is 7.92. The van der Waals surface area contributed by atoms with Crippen LogP contribution in [0.2, 0.25) is 4.34 Å². The highest BCUT2D eigenvalue weighted by Gasteiger charge is 2.16. The van der Waals surface area contributed by atoms with Crippen LogP contribution in [0.1, 0.15) is 21.6 Å². The highest BCUT2D eigenvalue weighted by molar-refractivity contribution is 7.16. The maximum atomic E-state index is 12.5. The molecular weight excluding hydrogens is 340 g/mol. The van der Waals surface area contributed by atoms with Crippen LogP contribution in [0.15, 0.2) is 36.9 Å². The Hall–Kier alpha value is -1.62. The smallest absolute Gasteiger partial charge is 0.279 e. The largest absolute Gasteiger partial charge is 0.321 e. The summed E-state index contributed by atoms with van der Waals surface area (Å²) in [7, 11) is 0. The number of amides is 1.